The number of likely N-dealkylation sites (tertiary alicyclic amines) is 1. The van der Waals surface area contributed by atoms with Gasteiger partial charge in [-0.2, -0.15) is 0 Å². The highest BCUT2D eigenvalue weighted by Crippen LogP contribution is 2.11. The lowest BCUT2D eigenvalue weighted by Crippen LogP contribution is -3.18. The van der Waals surface area contributed by atoms with Gasteiger partial charge in [0.15, 0.2) is 0 Å². The van der Waals surface area contributed by atoms with Gasteiger partial charge in [0.2, 0.25) is 0 Å². The van der Waals surface area contributed by atoms with Crippen molar-refractivity contribution in [1.29, 1.82) is 0 Å². The molecule has 2 aromatic rings. The third-order valence-corrected chi connectivity index (χ3v) is 5.32. The van der Waals surface area contributed by atoms with Gasteiger partial charge in [0.05, 0.1) is 31.1 Å². The monoisotopic (exact) mass is 341 g/mol. The smallest absolute Gasteiger partial charge is 0.269 e. The first-order valence-corrected chi connectivity index (χ1v) is 9.05. The van der Waals surface area contributed by atoms with Gasteiger partial charge in [-0.3, -0.25) is 10.1 Å². The molecule has 1 aliphatic heterocycles. The second-order valence-electron chi connectivity index (χ2n) is 7.13. The topological polar surface area (TPSA) is 52.0 Å². The van der Waals surface area contributed by atoms with Crippen molar-refractivity contribution in [1.82, 2.24) is 0 Å². The summed E-state index contributed by atoms with van der Waals surface area (Å²) in [6.07, 6.45) is 2.47. The van der Waals surface area contributed by atoms with Gasteiger partial charge >= 0.3 is 0 Å². The molecule has 2 aromatic carbocycles. The molecule has 0 spiro atoms. The fourth-order valence-electron chi connectivity index (χ4n) is 3.78. The average Bonchev–Trinajstić information content (AvgIpc) is 2.63. The van der Waals surface area contributed by atoms with Gasteiger partial charge in [-0.1, -0.05) is 30.3 Å². The van der Waals surface area contributed by atoms with E-state index in [0.717, 1.165) is 19.1 Å². The van der Waals surface area contributed by atoms with Gasteiger partial charge in [-0.15, -0.1) is 0 Å². The number of hydrogen-bond acceptors (Lipinski definition) is 2. The van der Waals surface area contributed by atoms with E-state index in [1.165, 1.54) is 37.1 Å². The van der Waals surface area contributed by atoms with Crippen LogP contribution in [0.1, 0.15) is 24.0 Å². The van der Waals surface area contributed by atoms with Gasteiger partial charge in [0.1, 0.15) is 13.1 Å². The third kappa shape index (κ3) is 4.87. The Kier molecular flexibility index (Phi) is 5.79. The van der Waals surface area contributed by atoms with Gasteiger partial charge in [0.25, 0.3) is 5.69 Å². The zero-order chi connectivity index (χ0) is 17.6. The van der Waals surface area contributed by atoms with Gasteiger partial charge in [-0.05, 0) is 12.1 Å². The number of nitro benzene ring substituents is 1. The summed E-state index contributed by atoms with van der Waals surface area (Å²) in [5.74, 6) is 0. The van der Waals surface area contributed by atoms with E-state index in [1.54, 1.807) is 21.9 Å². The molecular weight excluding hydrogens is 314 g/mol. The van der Waals surface area contributed by atoms with E-state index in [9.17, 15) is 10.1 Å². The Hall–Kier alpha value is -2.24. The highest BCUT2D eigenvalue weighted by atomic mass is 16.6. The van der Waals surface area contributed by atoms with Crippen LogP contribution in [0.25, 0.3) is 0 Å². The van der Waals surface area contributed by atoms with Crippen molar-refractivity contribution in [2.75, 3.05) is 20.1 Å². The molecule has 1 saturated heterocycles. The van der Waals surface area contributed by atoms with E-state index in [1.807, 2.05) is 12.1 Å². The van der Waals surface area contributed by atoms with Gasteiger partial charge in [-0.25, -0.2) is 0 Å². The number of nitrogens with zero attached hydrogens (tertiary/aromatic N) is 1. The zero-order valence-corrected chi connectivity index (χ0v) is 14.8. The standard InChI is InChI=1S/C20H25N3O2/c1-21(15-17-5-3-2-4-6-17)19-11-13-22(14-12-19)16-18-7-9-20(10-8-18)23(24)25/h2-10,19H,11-16H2,1H3/p+2. The van der Waals surface area contributed by atoms with E-state index >= 15 is 0 Å². The lowest BCUT2D eigenvalue weighted by Gasteiger charge is -2.32. The van der Waals surface area contributed by atoms with Gasteiger partial charge in [0, 0.05) is 36.1 Å². The van der Waals surface area contributed by atoms with E-state index in [0.29, 0.717) is 0 Å². The summed E-state index contributed by atoms with van der Waals surface area (Å²) in [7, 11) is 2.30. The molecule has 1 atom stereocenters. The summed E-state index contributed by atoms with van der Waals surface area (Å²) >= 11 is 0. The normalized spacial score (nSPS) is 21.6. The quantitative estimate of drug-likeness (QED) is 0.605. The number of hydrogen-bond donors (Lipinski definition) is 2. The highest BCUT2D eigenvalue weighted by molar-refractivity contribution is 5.32. The molecule has 1 fully saturated rings. The van der Waals surface area contributed by atoms with Crippen molar-refractivity contribution in [3.63, 3.8) is 0 Å². The van der Waals surface area contributed by atoms with Crippen LogP contribution in [0.15, 0.2) is 54.6 Å². The Labute approximate surface area is 149 Å². The Morgan fingerprint density at radius 2 is 1.68 bits per heavy atom. The van der Waals surface area contributed by atoms with E-state index < -0.39 is 0 Å². The van der Waals surface area contributed by atoms with Gasteiger partial charge < -0.3 is 9.80 Å². The molecule has 0 radical (unpaired) electrons. The number of quaternary nitrogens is 2. The number of nitrogens with one attached hydrogen (secondary N) is 2. The van der Waals surface area contributed by atoms with Crippen LogP contribution in [0.2, 0.25) is 0 Å². The number of benzene rings is 2. The first kappa shape index (κ1) is 17.6. The van der Waals surface area contributed by atoms with Crippen LogP contribution in [0, 0.1) is 10.1 Å². The minimum atomic E-state index is -0.340. The molecule has 25 heavy (non-hydrogen) atoms. The van der Waals surface area contributed by atoms with Crippen LogP contribution in [0.5, 0.6) is 0 Å². The predicted octanol–water partition coefficient (Wildman–Crippen LogP) is 0.857. The minimum Gasteiger partial charge on any atom is -0.331 e. The summed E-state index contributed by atoms with van der Waals surface area (Å²) in [5, 5.41) is 10.7. The van der Waals surface area contributed by atoms with Crippen molar-refractivity contribution in [3.8, 4) is 0 Å². The Balaban J connectivity index is 1.47. The zero-order valence-electron chi connectivity index (χ0n) is 14.8. The third-order valence-electron chi connectivity index (χ3n) is 5.32. The number of piperidine rings is 1. The Morgan fingerprint density at radius 3 is 2.28 bits per heavy atom. The van der Waals surface area contributed by atoms with Crippen LogP contribution in [-0.2, 0) is 13.1 Å². The Morgan fingerprint density at radius 1 is 1.04 bits per heavy atom. The van der Waals surface area contributed by atoms with Crippen molar-refractivity contribution < 1.29 is 14.7 Å². The molecule has 1 heterocycles. The number of nitro groups is 1. The molecule has 0 aliphatic carbocycles. The van der Waals surface area contributed by atoms with E-state index in [4.69, 9.17) is 0 Å². The summed E-state index contributed by atoms with van der Waals surface area (Å²) in [6, 6.07) is 18.4. The van der Waals surface area contributed by atoms with Crippen LogP contribution in [0.4, 0.5) is 5.69 Å². The molecule has 132 valence electrons. The van der Waals surface area contributed by atoms with E-state index in [-0.39, 0.29) is 10.6 Å². The lowest BCUT2D eigenvalue weighted by atomic mass is 10.0. The van der Waals surface area contributed by atoms with Crippen LogP contribution in [-0.4, -0.2) is 31.1 Å². The molecule has 1 unspecified atom stereocenters. The molecule has 3 rings (SSSR count). The molecule has 2 N–H and O–H groups in total. The average molecular weight is 341 g/mol. The molecule has 0 aromatic heterocycles. The van der Waals surface area contributed by atoms with Crippen LogP contribution in [0.3, 0.4) is 0 Å². The Bertz CT molecular complexity index is 680. The minimum absolute atomic E-state index is 0.170. The molecule has 5 nitrogen and oxygen atoms in total. The summed E-state index contributed by atoms with van der Waals surface area (Å²) < 4.78 is 0. The van der Waals surface area contributed by atoms with Crippen molar-refractivity contribution in [3.05, 3.63) is 75.8 Å². The van der Waals surface area contributed by atoms with Crippen LogP contribution >= 0.6 is 0 Å². The maximum atomic E-state index is 10.7. The predicted molar refractivity (Wildman–Crippen MR) is 97.6 cm³/mol. The lowest BCUT2D eigenvalue weighted by molar-refractivity contribution is -0.960. The van der Waals surface area contributed by atoms with Crippen molar-refractivity contribution in [2.24, 2.45) is 0 Å². The molecule has 0 bridgehead atoms. The maximum absolute atomic E-state index is 10.7. The fourth-order valence-corrected chi connectivity index (χ4v) is 3.78. The number of rotatable bonds is 6. The SMILES string of the molecule is C[NH+](Cc1ccccc1)C1CC[NH+](Cc2ccc([N+](=O)[O-])cc2)CC1. The molecule has 0 amide bonds. The second-order valence-corrected chi connectivity index (χ2v) is 7.13. The summed E-state index contributed by atoms with van der Waals surface area (Å²) in [4.78, 5) is 13.6. The van der Waals surface area contributed by atoms with E-state index in [2.05, 4.69) is 37.4 Å². The fraction of sp³-hybridized carbons (Fsp3) is 0.400. The molecule has 5 heteroatoms. The van der Waals surface area contributed by atoms with Crippen molar-refractivity contribution in [2.45, 2.75) is 32.0 Å². The summed E-state index contributed by atoms with van der Waals surface area (Å²) in [6.45, 7) is 4.40. The first-order chi connectivity index (χ1) is 12.1. The molecule has 0 saturated carbocycles. The maximum Gasteiger partial charge on any atom is 0.269 e. The first-order valence-electron chi connectivity index (χ1n) is 9.05. The van der Waals surface area contributed by atoms with Crippen LogP contribution < -0.4 is 9.80 Å². The molecular formula is C20H27N3O2+2. The summed E-state index contributed by atoms with van der Waals surface area (Å²) in [5.41, 5.74) is 2.76. The van der Waals surface area contributed by atoms with Crippen molar-refractivity contribution >= 4 is 5.69 Å². The largest absolute Gasteiger partial charge is 0.331 e. The highest BCUT2D eigenvalue weighted by Gasteiger charge is 2.27. The molecule has 1 aliphatic rings. The number of non-ortho nitro benzene ring substituents is 1. The second kappa shape index (κ2) is 8.23.